The highest BCUT2D eigenvalue weighted by Crippen LogP contribution is 2.36. The summed E-state index contributed by atoms with van der Waals surface area (Å²) in [6, 6.07) is 4.91. The molecule has 1 aromatic heterocycles. The smallest absolute Gasteiger partial charge is 0.191 e. The predicted octanol–water partition coefficient (Wildman–Crippen LogP) is 1.71. The number of rotatable bonds is 5. The lowest BCUT2D eigenvalue weighted by atomic mass is 9.88. The van der Waals surface area contributed by atoms with Gasteiger partial charge in [0.1, 0.15) is 0 Å². The molecule has 7 heteroatoms. The van der Waals surface area contributed by atoms with Gasteiger partial charge in [0.25, 0.3) is 0 Å². The topological polar surface area (TPSA) is 58.1 Å². The molecule has 2 fully saturated rings. The van der Waals surface area contributed by atoms with Crippen LogP contribution in [-0.2, 0) is 9.47 Å². The zero-order valence-electron chi connectivity index (χ0n) is 15.2. The average molecular weight is 367 g/mol. The van der Waals surface area contributed by atoms with E-state index in [2.05, 4.69) is 45.1 Å². The van der Waals surface area contributed by atoms with Crippen molar-refractivity contribution in [1.82, 2.24) is 15.5 Å². The molecule has 2 aliphatic rings. The van der Waals surface area contributed by atoms with E-state index in [0.29, 0.717) is 31.8 Å². The SMILES string of the molecule is CN=C(NCC1COCCO1)NCC1CCCN(C)C1c1cccs1. The number of likely N-dealkylation sites (tertiary alicyclic amines) is 1. The molecule has 3 atom stereocenters. The fourth-order valence-corrected chi connectivity index (χ4v) is 4.68. The largest absolute Gasteiger partial charge is 0.376 e. The first-order valence-corrected chi connectivity index (χ1v) is 10.0. The summed E-state index contributed by atoms with van der Waals surface area (Å²) in [7, 11) is 4.06. The van der Waals surface area contributed by atoms with E-state index >= 15 is 0 Å². The van der Waals surface area contributed by atoms with Gasteiger partial charge in [0.05, 0.1) is 25.9 Å². The molecule has 0 spiro atoms. The van der Waals surface area contributed by atoms with Crippen molar-refractivity contribution in [2.75, 3.05) is 53.6 Å². The molecule has 25 heavy (non-hydrogen) atoms. The van der Waals surface area contributed by atoms with E-state index in [-0.39, 0.29) is 6.10 Å². The van der Waals surface area contributed by atoms with E-state index < -0.39 is 0 Å². The van der Waals surface area contributed by atoms with Crippen LogP contribution >= 0.6 is 11.3 Å². The van der Waals surface area contributed by atoms with Crippen molar-refractivity contribution in [3.63, 3.8) is 0 Å². The van der Waals surface area contributed by atoms with Gasteiger partial charge < -0.3 is 20.1 Å². The fourth-order valence-electron chi connectivity index (χ4n) is 3.70. The molecule has 0 bridgehead atoms. The van der Waals surface area contributed by atoms with Crippen LogP contribution in [0.3, 0.4) is 0 Å². The molecule has 3 heterocycles. The fraction of sp³-hybridized carbons (Fsp3) is 0.722. The summed E-state index contributed by atoms with van der Waals surface area (Å²) < 4.78 is 11.1. The molecule has 2 aliphatic heterocycles. The van der Waals surface area contributed by atoms with Gasteiger partial charge in [-0.05, 0) is 43.8 Å². The van der Waals surface area contributed by atoms with Crippen LogP contribution in [0.1, 0.15) is 23.8 Å². The second-order valence-electron chi connectivity index (χ2n) is 6.74. The number of aliphatic imine (C=N–C) groups is 1. The minimum Gasteiger partial charge on any atom is -0.376 e. The van der Waals surface area contributed by atoms with Crippen LogP contribution in [0.5, 0.6) is 0 Å². The van der Waals surface area contributed by atoms with E-state index in [9.17, 15) is 0 Å². The van der Waals surface area contributed by atoms with Crippen LogP contribution < -0.4 is 10.6 Å². The van der Waals surface area contributed by atoms with Crippen molar-refractivity contribution in [3.05, 3.63) is 22.4 Å². The molecular weight excluding hydrogens is 336 g/mol. The van der Waals surface area contributed by atoms with Crippen LogP contribution in [0.15, 0.2) is 22.5 Å². The Kier molecular flexibility index (Phi) is 7.10. The second-order valence-corrected chi connectivity index (χ2v) is 7.72. The van der Waals surface area contributed by atoms with Crippen LogP contribution in [-0.4, -0.2) is 70.5 Å². The van der Waals surface area contributed by atoms with Gasteiger partial charge in [-0.25, -0.2) is 0 Å². The lowest BCUT2D eigenvalue weighted by molar-refractivity contribution is -0.0850. The molecule has 1 aromatic rings. The van der Waals surface area contributed by atoms with Crippen molar-refractivity contribution in [2.24, 2.45) is 10.9 Å². The molecule has 140 valence electrons. The molecule has 3 unspecified atom stereocenters. The molecule has 0 saturated carbocycles. The zero-order valence-corrected chi connectivity index (χ0v) is 16.1. The lowest BCUT2D eigenvalue weighted by Gasteiger charge is -2.39. The Balaban J connectivity index is 1.51. The summed E-state index contributed by atoms with van der Waals surface area (Å²) in [5.74, 6) is 1.43. The van der Waals surface area contributed by atoms with E-state index in [0.717, 1.165) is 19.0 Å². The molecule has 0 radical (unpaired) electrons. The van der Waals surface area contributed by atoms with Crippen LogP contribution in [0, 0.1) is 5.92 Å². The van der Waals surface area contributed by atoms with E-state index in [1.807, 2.05) is 18.4 Å². The average Bonchev–Trinajstić information content (AvgIpc) is 3.17. The maximum Gasteiger partial charge on any atom is 0.191 e. The van der Waals surface area contributed by atoms with Gasteiger partial charge in [-0.1, -0.05) is 6.07 Å². The van der Waals surface area contributed by atoms with Crippen molar-refractivity contribution in [3.8, 4) is 0 Å². The first-order valence-electron chi connectivity index (χ1n) is 9.15. The number of hydrogen-bond acceptors (Lipinski definition) is 5. The zero-order chi connectivity index (χ0) is 17.5. The number of hydrogen-bond donors (Lipinski definition) is 2. The van der Waals surface area contributed by atoms with Crippen molar-refractivity contribution in [1.29, 1.82) is 0 Å². The summed E-state index contributed by atoms with van der Waals surface area (Å²) in [6.45, 7) is 4.84. The molecule has 2 saturated heterocycles. The lowest BCUT2D eigenvalue weighted by Crippen LogP contribution is -2.47. The second kappa shape index (κ2) is 9.52. The van der Waals surface area contributed by atoms with Crippen LogP contribution in [0.25, 0.3) is 0 Å². The van der Waals surface area contributed by atoms with Crippen LogP contribution in [0.2, 0.25) is 0 Å². The Morgan fingerprint density at radius 2 is 2.24 bits per heavy atom. The van der Waals surface area contributed by atoms with Gasteiger partial charge in [-0.3, -0.25) is 9.89 Å². The van der Waals surface area contributed by atoms with E-state index in [1.54, 1.807) is 0 Å². The normalized spacial score (nSPS) is 28.7. The van der Waals surface area contributed by atoms with Crippen molar-refractivity contribution in [2.45, 2.75) is 25.0 Å². The molecule has 0 amide bonds. The first-order chi connectivity index (χ1) is 12.3. The van der Waals surface area contributed by atoms with Gasteiger partial charge in [0, 0.05) is 31.1 Å². The minimum absolute atomic E-state index is 0.104. The summed E-state index contributed by atoms with van der Waals surface area (Å²) >= 11 is 1.86. The third-order valence-electron chi connectivity index (χ3n) is 4.98. The Hall–Kier alpha value is -1.15. The predicted molar refractivity (Wildman–Crippen MR) is 102 cm³/mol. The van der Waals surface area contributed by atoms with Gasteiger partial charge in [0.15, 0.2) is 5.96 Å². The highest BCUT2D eigenvalue weighted by atomic mass is 32.1. The van der Waals surface area contributed by atoms with Crippen molar-refractivity contribution >= 4 is 17.3 Å². The number of guanidine groups is 1. The molecule has 2 N–H and O–H groups in total. The third-order valence-corrected chi connectivity index (χ3v) is 5.92. The Morgan fingerprint density at radius 1 is 1.36 bits per heavy atom. The van der Waals surface area contributed by atoms with Gasteiger partial charge in [-0.15, -0.1) is 11.3 Å². The Labute approximate surface area is 154 Å². The maximum absolute atomic E-state index is 5.67. The van der Waals surface area contributed by atoms with Crippen molar-refractivity contribution < 1.29 is 9.47 Å². The molecular formula is C18H30N4O2S. The molecule has 0 aromatic carbocycles. The number of nitrogens with zero attached hydrogens (tertiary/aromatic N) is 2. The number of thiophene rings is 1. The van der Waals surface area contributed by atoms with Gasteiger partial charge in [0.2, 0.25) is 0 Å². The summed E-state index contributed by atoms with van der Waals surface area (Å²) in [4.78, 5) is 8.30. The quantitative estimate of drug-likeness (QED) is 0.614. The van der Waals surface area contributed by atoms with E-state index in [4.69, 9.17) is 9.47 Å². The van der Waals surface area contributed by atoms with Crippen LogP contribution in [0.4, 0.5) is 0 Å². The van der Waals surface area contributed by atoms with Gasteiger partial charge >= 0.3 is 0 Å². The van der Waals surface area contributed by atoms with E-state index in [1.165, 1.54) is 24.3 Å². The summed E-state index contributed by atoms with van der Waals surface area (Å²) in [5, 5.41) is 9.05. The number of nitrogens with one attached hydrogen (secondary N) is 2. The number of ether oxygens (including phenoxy) is 2. The summed E-state index contributed by atoms with van der Waals surface area (Å²) in [6.07, 6.45) is 2.60. The number of piperidine rings is 1. The molecule has 0 aliphatic carbocycles. The minimum atomic E-state index is 0.104. The molecule has 3 rings (SSSR count). The highest BCUT2D eigenvalue weighted by Gasteiger charge is 2.31. The highest BCUT2D eigenvalue weighted by molar-refractivity contribution is 7.10. The maximum atomic E-state index is 5.67. The first kappa shape index (κ1) is 18.6. The Morgan fingerprint density at radius 3 is 2.96 bits per heavy atom. The Bertz CT molecular complexity index is 531. The summed E-state index contributed by atoms with van der Waals surface area (Å²) in [5.41, 5.74) is 0. The standard InChI is InChI=1S/C18H30N4O2S/c1-19-18(21-12-15-13-23-8-9-24-15)20-11-14-5-3-7-22(2)17(14)16-6-4-10-25-16/h4,6,10,14-15,17H,3,5,7-9,11-13H2,1-2H3,(H2,19,20,21). The molecule has 6 nitrogen and oxygen atoms in total. The third kappa shape index (κ3) is 5.17. The monoisotopic (exact) mass is 366 g/mol. The van der Waals surface area contributed by atoms with Gasteiger partial charge in [-0.2, -0.15) is 0 Å².